The van der Waals surface area contributed by atoms with Gasteiger partial charge in [-0.15, -0.1) is 11.3 Å². The van der Waals surface area contributed by atoms with Gasteiger partial charge in [-0.1, -0.05) is 17.4 Å². The molecule has 9 heteroatoms. The number of fused-ring (bicyclic) bond motifs is 1. The molecule has 0 unspecified atom stereocenters. The predicted molar refractivity (Wildman–Crippen MR) is 104 cm³/mol. The Kier molecular flexibility index (Phi) is 4.23. The van der Waals surface area contributed by atoms with Crippen LogP contribution < -0.4 is 15.8 Å². The lowest BCUT2D eigenvalue weighted by molar-refractivity contribution is 0.103. The number of rotatable bonds is 4. The number of nitrogens with one attached hydrogen (secondary N) is 1. The Balaban J connectivity index is 1.57. The van der Waals surface area contributed by atoms with E-state index >= 15 is 0 Å². The summed E-state index contributed by atoms with van der Waals surface area (Å²) in [7, 11) is 1.60. The minimum absolute atomic E-state index is 0.199. The quantitative estimate of drug-likeness (QED) is 0.557. The molecule has 3 N–H and O–H groups in total. The van der Waals surface area contributed by atoms with E-state index in [9.17, 15) is 4.79 Å². The number of hydrogen-bond donors (Lipinski definition) is 2. The van der Waals surface area contributed by atoms with Crippen LogP contribution in [0.2, 0.25) is 0 Å². The smallest absolute Gasteiger partial charge is 0.267 e. The molecule has 7 nitrogen and oxygen atoms in total. The third-order valence-electron chi connectivity index (χ3n) is 3.58. The summed E-state index contributed by atoms with van der Waals surface area (Å²) in [5.41, 5.74) is 7.03. The first-order valence-electron chi connectivity index (χ1n) is 7.57. The van der Waals surface area contributed by atoms with Crippen LogP contribution in [0.1, 0.15) is 9.67 Å². The minimum atomic E-state index is -0.221. The number of nitrogens with zero attached hydrogens (tertiary/aromatic N) is 3. The number of methoxy groups -OCH3 is 1. The van der Waals surface area contributed by atoms with Crippen molar-refractivity contribution in [3.63, 3.8) is 0 Å². The summed E-state index contributed by atoms with van der Waals surface area (Å²) in [4.78, 5) is 26.4. The summed E-state index contributed by atoms with van der Waals surface area (Å²) in [6.45, 7) is 0. The van der Waals surface area contributed by atoms with Crippen molar-refractivity contribution < 1.29 is 9.53 Å². The average molecular weight is 383 g/mol. The number of carbonyl (C=O) groups excluding carboxylic acids is 1. The Morgan fingerprint density at radius 1 is 1.15 bits per heavy atom. The highest BCUT2D eigenvalue weighted by molar-refractivity contribution is 7.22. The molecule has 4 rings (SSSR count). The number of ether oxygens (including phenoxy) is 1. The van der Waals surface area contributed by atoms with Crippen LogP contribution in [0, 0.1) is 0 Å². The van der Waals surface area contributed by atoms with Gasteiger partial charge in [0.1, 0.15) is 11.3 Å². The largest absolute Gasteiger partial charge is 0.494 e. The van der Waals surface area contributed by atoms with Crippen LogP contribution in [-0.4, -0.2) is 28.0 Å². The van der Waals surface area contributed by atoms with E-state index in [1.807, 2.05) is 24.3 Å². The van der Waals surface area contributed by atoms with Crippen molar-refractivity contribution in [2.75, 3.05) is 18.2 Å². The molecule has 0 atom stereocenters. The van der Waals surface area contributed by atoms with E-state index in [0.717, 1.165) is 15.1 Å². The van der Waals surface area contributed by atoms with Crippen LogP contribution in [0.15, 0.2) is 42.6 Å². The average Bonchev–Trinajstić information content (AvgIpc) is 3.28. The second-order valence-electron chi connectivity index (χ2n) is 5.24. The molecule has 4 aromatic rings. The topological polar surface area (TPSA) is 103 Å². The number of hydrogen-bond acceptors (Lipinski definition) is 8. The van der Waals surface area contributed by atoms with Gasteiger partial charge < -0.3 is 10.5 Å². The van der Waals surface area contributed by atoms with Crippen molar-refractivity contribution >= 4 is 49.9 Å². The van der Waals surface area contributed by atoms with E-state index in [1.165, 1.54) is 22.7 Å². The third kappa shape index (κ3) is 3.09. The van der Waals surface area contributed by atoms with Gasteiger partial charge in [-0.05, 0) is 30.3 Å². The molecular weight excluding hydrogens is 370 g/mol. The molecule has 0 aliphatic carbocycles. The molecule has 0 fully saturated rings. The molecule has 3 heterocycles. The van der Waals surface area contributed by atoms with Crippen molar-refractivity contribution in [2.24, 2.45) is 0 Å². The Morgan fingerprint density at radius 2 is 2.04 bits per heavy atom. The number of thiazole rings is 1. The third-order valence-corrected chi connectivity index (χ3v) is 5.62. The molecule has 0 saturated carbocycles. The molecule has 0 saturated heterocycles. The highest BCUT2D eigenvalue weighted by Gasteiger charge is 2.15. The molecule has 0 aliphatic rings. The Labute approximate surface area is 156 Å². The maximum Gasteiger partial charge on any atom is 0.267 e. The Hall–Kier alpha value is -3.04. The minimum Gasteiger partial charge on any atom is -0.494 e. The van der Waals surface area contributed by atoms with Crippen molar-refractivity contribution in [1.29, 1.82) is 0 Å². The van der Waals surface area contributed by atoms with Crippen molar-refractivity contribution in [3.8, 4) is 16.3 Å². The van der Waals surface area contributed by atoms with Gasteiger partial charge in [0.15, 0.2) is 5.13 Å². The number of para-hydroxylation sites is 1. The van der Waals surface area contributed by atoms with Crippen molar-refractivity contribution in [3.05, 3.63) is 47.5 Å². The zero-order valence-electron chi connectivity index (χ0n) is 13.6. The van der Waals surface area contributed by atoms with E-state index in [2.05, 4.69) is 20.3 Å². The van der Waals surface area contributed by atoms with Gasteiger partial charge in [0.05, 0.1) is 27.3 Å². The van der Waals surface area contributed by atoms with Crippen LogP contribution >= 0.6 is 22.7 Å². The summed E-state index contributed by atoms with van der Waals surface area (Å²) in [6, 6.07) is 11.0. The number of thiophene rings is 1. The molecule has 0 bridgehead atoms. The van der Waals surface area contributed by atoms with Gasteiger partial charge in [0.25, 0.3) is 5.91 Å². The van der Waals surface area contributed by atoms with E-state index in [1.54, 1.807) is 25.4 Å². The van der Waals surface area contributed by atoms with Gasteiger partial charge >= 0.3 is 0 Å². The molecule has 26 heavy (non-hydrogen) atoms. The zero-order valence-corrected chi connectivity index (χ0v) is 15.2. The normalized spacial score (nSPS) is 10.8. The number of carbonyl (C=O) groups is 1. The fourth-order valence-electron chi connectivity index (χ4n) is 2.41. The molecule has 0 spiro atoms. The van der Waals surface area contributed by atoms with Gasteiger partial charge in [0, 0.05) is 6.20 Å². The molecule has 0 radical (unpaired) electrons. The van der Waals surface area contributed by atoms with Gasteiger partial charge in [-0.2, -0.15) is 0 Å². The molecule has 0 aliphatic heterocycles. The first-order chi connectivity index (χ1) is 12.6. The number of anilines is 2. The standard InChI is InChI=1S/C17H13N5O2S2/c1-24-10-3-2-4-12-14(10)21-17(26-12)22-15(23)13-6-5-11(25-13)9-7-8-19-16(18)20-9/h2-8H,1H3,(H2,18,19,20)(H,21,22,23). The van der Waals surface area contributed by atoms with Crippen molar-refractivity contribution in [2.45, 2.75) is 0 Å². The number of aromatic nitrogens is 3. The number of nitrogen functional groups attached to an aromatic ring is 1. The first-order valence-corrected chi connectivity index (χ1v) is 9.21. The maximum atomic E-state index is 12.5. The second kappa shape index (κ2) is 6.70. The van der Waals surface area contributed by atoms with Crippen LogP contribution in [0.4, 0.5) is 11.1 Å². The lowest BCUT2D eigenvalue weighted by Crippen LogP contribution is -2.09. The van der Waals surface area contributed by atoms with Gasteiger partial charge in [0.2, 0.25) is 5.95 Å². The van der Waals surface area contributed by atoms with Crippen LogP contribution in [-0.2, 0) is 0 Å². The number of amides is 1. The molecule has 1 aromatic carbocycles. The summed E-state index contributed by atoms with van der Waals surface area (Å²) in [5, 5.41) is 3.36. The van der Waals surface area contributed by atoms with Gasteiger partial charge in [-0.3, -0.25) is 10.1 Å². The van der Waals surface area contributed by atoms with Crippen LogP contribution in [0.25, 0.3) is 20.8 Å². The van der Waals surface area contributed by atoms with E-state index in [0.29, 0.717) is 21.5 Å². The van der Waals surface area contributed by atoms with E-state index in [4.69, 9.17) is 10.5 Å². The lowest BCUT2D eigenvalue weighted by atomic mass is 10.3. The predicted octanol–water partition coefficient (Wildman–Crippen LogP) is 3.66. The molecule has 1 amide bonds. The summed E-state index contributed by atoms with van der Waals surface area (Å²) in [5.74, 6) is 0.658. The second-order valence-corrected chi connectivity index (χ2v) is 7.36. The van der Waals surface area contributed by atoms with Crippen molar-refractivity contribution in [1.82, 2.24) is 15.0 Å². The fourth-order valence-corrected chi connectivity index (χ4v) is 4.16. The molecule has 3 aromatic heterocycles. The summed E-state index contributed by atoms with van der Waals surface area (Å²) in [6.07, 6.45) is 1.59. The highest BCUT2D eigenvalue weighted by Crippen LogP contribution is 2.33. The molecular formula is C17H13N5O2S2. The van der Waals surface area contributed by atoms with Crippen LogP contribution in [0.3, 0.4) is 0 Å². The summed E-state index contributed by atoms with van der Waals surface area (Å²) >= 11 is 2.73. The number of benzene rings is 1. The molecule has 130 valence electrons. The number of nitrogens with two attached hydrogens (primary N) is 1. The van der Waals surface area contributed by atoms with E-state index in [-0.39, 0.29) is 11.9 Å². The highest BCUT2D eigenvalue weighted by atomic mass is 32.1. The lowest BCUT2D eigenvalue weighted by Gasteiger charge is -1.99. The summed E-state index contributed by atoms with van der Waals surface area (Å²) < 4.78 is 6.25. The van der Waals surface area contributed by atoms with Gasteiger partial charge in [-0.25, -0.2) is 15.0 Å². The van der Waals surface area contributed by atoms with Crippen LogP contribution in [0.5, 0.6) is 5.75 Å². The SMILES string of the molecule is COc1cccc2sc(NC(=O)c3ccc(-c4ccnc(N)n4)s3)nc12. The maximum absolute atomic E-state index is 12.5. The Bertz CT molecular complexity index is 1110. The monoisotopic (exact) mass is 383 g/mol. The fraction of sp³-hybridized carbons (Fsp3) is 0.0588. The van der Waals surface area contributed by atoms with E-state index < -0.39 is 0 Å². The zero-order chi connectivity index (χ0) is 18.1. The Morgan fingerprint density at radius 3 is 2.85 bits per heavy atom. The first kappa shape index (κ1) is 16.4.